The first kappa shape index (κ1) is 15.6. The predicted molar refractivity (Wildman–Crippen MR) is 87.4 cm³/mol. The fourth-order valence-electron chi connectivity index (χ4n) is 1.85. The average Bonchev–Trinajstić information content (AvgIpc) is 2.46. The standard InChI is InChI=1S/C15H16N2O2S2/c16-15(20)10-12-6-8-14(9-7-12)21(18,19)17-11-13-4-2-1-3-5-13/h1-9,17H,10-11H2,(H2,16,20). The average molecular weight is 320 g/mol. The first-order valence-corrected chi connectivity index (χ1v) is 8.27. The van der Waals surface area contributed by atoms with Gasteiger partial charge in [0.05, 0.1) is 9.88 Å². The first-order chi connectivity index (χ1) is 9.97. The minimum atomic E-state index is -3.52. The van der Waals surface area contributed by atoms with Gasteiger partial charge in [-0.15, -0.1) is 0 Å². The predicted octanol–water partition coefficient (Wildman–Crippen LogP) is 1.99. The van der Waals surface area contributed by atoms with Gasteiger partial charge >= 0.3 is 0 Å². The van der Waals surface area contributed by atoms with Crippen LogP contribution in [-0.2, 0) is 23.0 Å². The molecule has 0 fully saturated rings. The fraction of sp³-hybridized carbons (Fsp3) is 0.133. The Morgan fingerprint density at radius 1 is 1.00 bits per heavy atom. The molecule has 6 heteroatoms. The number of benzene rings is 2. The number of thiocarbonyl (C=S) groups is 1. The van der Waals surface area contributed by atoms with E-state index in [9.17, 15) is 8.42 Å². The van der Waals surface area contributed by atoms with Gasteiger partial charge in [0, 0.05) is 13.0 Å². The van der Waals surface area contributed by atoms with Crippen LogP contribution in [0.2, 0.25) is 0 Å². The normalized spacial score (nSPS) is 11.2. The summed E-state index contributed by atoms with van der Waals surface area (Å²) in [5.74, 6) is 0. The summed E-state index contributed by atoms with van der Waals surface area (Å²) < 4.78 is 26.9. The minimum absolute atomic E-state index is 0.227. The molecule has 0 radical (unpaired) electrons. The van der Waals surface area contributed by atoms with Crippen molar-refractivity contribution in [3.05, 3.63) is 65.7 Å². The molecule has 3 N–H and O–H groups in total. The monoisotopic (exact) mass is 320 g/mol. The Morgan fingerprint density at radius 2 is 1.62 bits per heavy atom. The minimum Gasteiger partial charge on any atom is -0.393 e. The zero-order chi connectivity index (χ0) is 15.3. The van der Waals surface area contributed by atoms with Crippen molar-refractivity contribution < 1.29 is 8.42 Å². The summed E-state index contributed by atoms with van der Waals surface area (Å²) in [4.78, 5) is 0.609. The van der Waals surface area contributed by atoms with Crippen molar-refractivity contribution in [3.63, 3.8) is 0 Å². The van der Waals surface area contributed by atoms with Crippen molar-refractivity contribution in [3.8, 4) is 0 Å². The molecular weight excluding hydrogens is 304 g/mol. The summed E-state index contributed by atoms with van der Waals surface area (Å²) in [6.07, 6.45) is 0.465. The fourth-order valence-corrected chi connectivity index (χ4v) is 3.03. The van der Waals surface area contributed by atoms with Crippen molar-refractivity contribution >= 4 is 27.2 Å². The molecule has 0 unspecified atom stereocenters. The number of nitrogens with one attached hydrogen (secondary N) is 1. The van der Waals surface area contributed by atoms with Crippen LogP contribution in [0.25, 0.3) is 0 Å². The van der Waals surface area contributed by atoms with Crippen LogP contribution in [-0.4, -0.2) is 13.4 Å². The van der Waals surface area contributed by atoms with Gasteiger partial charge in [-0.2, -0.15) is 0 Å². The molecule has 0 aliphatic rings. The Kier molecular flexibility index (Phi) is 5.06. The van der Waals surface area contributed by atoms with Crippen molar-refractivity contribution in [2.75, 3.05) is 0 Å². The van der Waals surface area contributed by atoms with E-state index in [0.717, 1.165) is 11.1 Å². The molecule has 0 saturated heterocycles. The van der Waals surface area contributed by atoms with Crippen molar-refractivity contribution in [1.29, 1.82) is 0 Å². The third-order valence-electron chi connectivity index (χ3n) is 2.92. The van der Waals surface area contributed by atoms with E-state index < -0.39 is 10.0 Å². The van der Waals surface area contributed by atoms with Crippen molar-refractivity contribution in [2.45, 2.75) is 17.9 Å². The van der Waals surface area contributed by atoms with E-state index in [2.05, 4.69) is 4.72 Å². The number of hydrogen-bond donors (Lipinski definition) is 2. The van der Waals surface area contributed by atoms with E-state index in [1.54, 1.807) is 24.3 Å². The van der Waals surface area contributed by atoms with Gasteiger partial charge in [0.15, 0.2) is 0 Å². The molecule has 0 spiro atoms. The second kappa shape index (κ2) is 6.80. The molecule has 0 aliphatic carbocycles. The Bertz CT molecular complexity index is 711. The summed E-state index contributed by atoms with van der Waals surface area (Å²) in [5.41, 5.74) is 7.26. The van der Waals surface area contributed by atoms with Gasteiger partial charge in [-0.05, 0) is 23.3 Å². The van der Waals surface area contributed by atoms with Gasteiger partial charge in [0.2, 0.25) is 10.0 Å². The van der Waals surface area contributed by atoms with Crippen LogP contribution in [0.1, 0.15) is 11.1 Å². The molecule has 0 aromatic heterocycles. The summed E-state index contributed by atoms with van der Waals surface area (Å²) in [5, 5.41) is 0. The number of nitrogens with two attached hydrogens (primary N) is 1. The molecule has 110 valence electrons. The van der Waals surface area contributed by atoms with Crippen molar-refractivity contribution in [2.24, 2.45) is 5.73 Å². The van der Waals surface area contributed by atoms with E-state index >= 15 is 0 Å². The van der Waals surface area contributed by atoms with E-state index in [1.807, 2.05) is 30.3 Å². The van der Waals surface area contributed by atoms with Crippen LogP contribution in [0.5, 0.6) is 0 Å². The van der Waals surface area contributed by atoms with Gasteiger partial charge < -0.3 is 5.73 Å². The highest BCUT2D eigenvalue weighted by Crippen LogP contribution is 2.12. The molecule has 21 heavy (non-hydrogen) atoms. The highest BCUT2D eigenvalue weighted by atomic mass is 32.2. The topological polar surface area (TPSA) is 72.2 Å². The lowest BCUT2D eigenvalue weighted by Crippen LogP contribution is -2.23. The number of rotatable bonds is 6. The SMILES string of the molecule is NC(=S)Cc1ccc(S(=O)(=O)NCc2ccccc2)cc1. The van der Waals surface area contributed by atoms with Gasteiger partial charge in [-0.25, -0.2) is 13.1 Å². The Hall–Kier alpha value is -1.76. The number of hydrogen-bond acceptors (Lipinski definition) is 3. The maximum atomic E-state index is 12.2. The van der Waals surface area contributed by atoms with Gasteiger partial charge in [-0.3, -0.25) is 0 Å². The molecule has 0 heterocycles. The van der Waals surface area contributed by atoms with Crippen LogP contribution >= 0.6 is 12.2 Å². The third kappa shape index (κ3) is 4.63. The van der Waals surface area contributed by atoms with Gasteiger partial charge in [0.25, 0.3) is 0 Å². The molecule has 0 saturated carbocycles. The van der Waals surface area contributed by atoms with E-state index in [-0.39, 0.29) is 11.4 Å². The highest BCUT2D eigenvalue weighted by molar-refractivity contribution is 7.89. The molecule has 4 nitrogen and oxygen atoms in total. The molecule has 2 aromatic carbocycles. The Balaban J connectivity index is 2.07. The van der Waals surface area contributed by atoms with Crippen molar-refractivity contribution in [1.82, 2.24) is 4.72 Å². The maximum Gasteiger partial charge on any atom is 0.240 e. The first-order valence-electron chi connectivity index (χ1n) is 6.38. The van der Waals surface area contributed by atoms with E-state index in [4.69, 9.17) is 18.0 Å². The molecule has 0 aliphatic heterocycles. The zero-order valence-electron chi connectivity index (χ0n) is 11.3. The molecule has 0 atom stereocenters. The van der Waals surface area contributed by atoms with Gasteiger partial charge in [0.1, 0.15) is 0 Å². The molecule has 0 bridgehead atoms. The summed E-state index contributed by atoms with van der Waals surface area (Å²) in [6.45, 7) is 0.262. The summed E-state index contributed by atoms with van der Waals surface area (Å²) >= 11 is 4.83. The van der Waals surface area contributed by atoms with Gasteiger partial charge in [-0.1, -0.05) is 54.7 Å². The third-order valence-corrected chi connectivity index (χ3v) is 4.48. The molecule has 2 rings (SSSR count). The Morgan fingerprint density at radius 3 is 2.19 bits per heavy atom. The lowest BCUT2D eigenvalue weighted by Gasteiger charge is -2.07. The Labute approximate surface area is 130 Å². The van der Waals surface area contributed by atoms with Crippen LogP contribution < -0.4 is 10.5 Å². The molecule has 0 amide bonds. The second-order valence-electron chi connectivity index (χ2n) is 4.60. The second-order valence-corrected chi connectivity index (χ2v) is 6.89. The highest BCUT2D eigenvalue weighted by Gasteiger charge is 2.13. The summed E-state index contributed by atoms with van der Waals surface area (Å²) in [7, 11) is -3.52. The zero-order valence-corrected chi connectivity index (χ0v) is 13.0. The van der Waals surface area contributed by atoms with Crippen LogP contribution in [0.4, 0.5) is 0 Å². The lowest BCUT2D eigenvalue weighted by atomic mass is 10.1. The van der Waals surface area contributed by atoms with Crippen LogP contribution in [0.15, 0.2) is 59.5 Å². The summed E-state index contributed by atoms with van der Waals surface area (Å²) in [6, 6.07) is 15.9. The number of sulfonamides is 1. The van der Waals surface area contributed by atoms with E-state index in [1.165, 1.54) is 0 Å². The largest absolute Gasteiger partial charge is 0.393 e. The molecule has 2 aromatic rings. The van der Waals surface area contributed by atoms with E-state index in [0.29, 0.717) is 11.4 Å². The maximum absolute atomic E-state index is 12.2. The van der Waals surface area contributed by atoms with Crippen LogP contribution in [0, 0.1) is 0 Å². The smallest absolute Gasteiger partial charge is 0.240 e. The molecular formula is C15H16N2O2S2. The van der Waals surface area contributed by atoms with Crippen LogP contribution in [0.3, 0.4) is 0 Å². The lowest BCUT2D eigenvalue weighted by molar-refractivity contribution is 0.581. The quantitative estimate of drug-likeness (QED) is 0.799.